The first-order valence-corrected chi connectivity index (χ1v) is 17.2. The van der Waals surface area contributed by atoms with Gasteiger partial charge in [-0.3, -0.25) is 9.78 Å². The summed E-state index contributed by atoms with van der Waals surface area (Å²) >= 11 is 1.68. The molecule has 4 atom stereocenters. The van der Waals surface area contributed by atoms with Crippen LogP contribution in [-0.4, -0.2) is 42.4 Å². The highest BCUT2D eigenvalue weighted by Gasteiger charge is 2.38. The number of benzene rings is 4. The van der Waals surface area contributed by atoms with E-state index in [1.54, 1.807) is 18.0 Å². The first-order chi connectivity index (χ1) is 23.9. The molecule has 10 heteroatoms. The van der Waals surface area contributed by atoms with E-state index in [0.717, 1.165) is 49.8 Å². The number of hydrogen-bond donors (Lipinski definition) is 2. The normalized spacial score (nSPS) is 19.2. The Bertz CT molecular complexity index is 2050. The van der Waals surface area contributed by atoms with Gasteiger partial charge in [0, 0.05) is 43.2 Å². The molecule has 6 aromatic rings. The number of aliphatic hydroxyl groups excluding tert-OH is 1. The predicted octanol–water partition coefficient (Wildman–Crippen LogP) is 7.04. The van der Waals surface area contributed by atoms with E-state index in [2.05, 4.69) is 63.6 Å². The Morgan fingerprint density at radius 1 is 0.878 bits per heavy atom. The lowest BCUT2D eigenvalue weighted by atomic mass is 9.91. The lowest BCUT2D eigenvalue weighted by molar-refractivity contribution is -0.268. The van der Waals surface area contributed by atoms with Crippen molar-refractivity contribution >= 4 is 28.7 Å². The number of hydrogen-bond acceptors (Lipinski definition) is 8. The van der Waals surface area contributed by atoms with Crippen LogP contribution in [0.2, 0.25) is 0 Å². The molecule has 1 aliphatic rings. The molecule has 248 valence electrons. The van der Waals surface area contributed by atoms with Crippen LogP contribution in [0.1, 0.15) is 52.1 Å². The van der Waals surface area contributed by atoms with Gasteiger partial charge in [-0.1, -0.05) is 97.5 Å². The Kier molecular flexibility index (Phi) is 9.81. The average Bonchev–Trinajstić information content (AvgIpc) is 3.57. The summed E-state index contributed by atoms with van der Waals surface area (Å²) < 4.78 is 15.3. The number of carbonyl (C=O) groups excluding carboxylic acids is 1. The summed E-state index contributed by atoms with van der Waals surface area (Å²) in [7, 11) is 1.99. The quantitative estimate of drug-likeness (QED) is 0.149. The van der Waals surface area contributed by atoms with E-state index in [1.807, 2.05) is 78.5 Å². The van der Waals surface area contributed by atoms with Crippen molar-refractivity contribution in [2.24, 2.45) is 13.0 Å². The molecule has 2 N–H and O–H groups in total. The van der Waals surface area contributed by atoms with Crippen LogP contribution in [0.25, 0.3) is 22.2 Å². The maximum atomic E-state index is 12.9. The smallest absolute Gasteiger partial charge is 0.271 e. The Hall–Kier alpha value is -4.87. The van der Waals surface area contributed by atoms with Crippen LogP contribution in [0.3, 0.4) is 0 Å². The zero-order valence-electron chi connectivity index (χ0n) is 27.3. The standard InChI is InChI=1S/C39H37N5O4S/c1-25-35(24-49-39-40-18-19-44(39)2)47-38(48-36(25)29-12-10-26(23-45)11-13-29)30-16-14-28(15-17-30)31-7-5-6-27(20-31)21-42-37(46)34-22-41-32-8-3-4-9-33(32)43-34/h3-20,22,25,35-36,38,45H,21,23-24H2,1-2H3,(H,42,46). The van der Waals surface area contributed by atoms with E-state index in [9.17, 15) is 9.90 Å². The number of rotatable bonds is 10. The molecular formula is C39H37N5O4S. The third kappa shape index (κ3) is 7.42. The van der Waals surface area contributed by atoms with Crippen molar-refractivity contribution in [1.29, 1.82) is 0 Å². The van der Waals surface area contributed by atoms with Gasteiger partial charge in [0.05, 0.1) is 36.0 Å². The molecule has 7 rings (SSSR count). The number of aliphatic hydroxyl groups is 1. The van der Waals surface area contributed by atoms with Crippen molar-refractivity contribution in [2.75, 3.05) is 5.75 Å². The molecule has 0 saturated carbocycles. The lowest BCUT2D eigenvalue weighted by Gasteiger charge is -2.41. The monoisotopic (exact) mass is 671 g/mol. The highest BCUT2D eigenvalue weighted by Crippen LogP contribution is 2.43. The Balaban J connectivity index is 1.05. The number of nitrogens with zero attached hydrogens (tertiary/aromatic N) is 4. The number of imidazole rings is 1. The Labute approximate surface area is 289 Å². The second-order valence-corrected chi connectivity index (χ2v) is 13.2. The summed E-state index contributed by atoms with van der Waals surface area (Å²) in [5.74, 6) is 0.542. The molecule has 9 nitrogen and oxygen atoms in total. The maximum Gasteiger partial charge on any atom is 0.271 e. The van der Waals surface area contributed by atoms with Crippen LogP contribution in [0, 0.1) is 5.92 Å². The van der Waals surface area contributed by atoms with Gasteiger partial charge in [0.25, 0.3) is 5.91 Å². The zero-order chi connectivity index (χ0) is 33.7. The molecule has 0 aliphatic carbocycles. The maximum absolute atomic E-state index is 12.9. The predicted molar refractivity (Wildman–Crippen MR) is 189 cm³/mol. The fourth-order valence-electron chi connectivity index (χ4n) is 5.99. The molecule has 1 amide bonds. The van der Waals surface area contributed by atoms with Gasteiger partial charge >= 0.3 is 0 Å². The molecule has 0 radical (unpaired) electrons. The Morgan fingerprint density at radius 2 is 1.65 bits per heavy atom. The molecule has 3 heterocycles. The van der Waals surface area contributed by atoms with Gasteiger partial charge in [-0.25, -0.2) is 9.97 Å². The third-order valence-corrected chi connectivity index (χ3v) is 10.0. The van der Waals surface area contributed by atoms with Crippen LogP contribution >= 0.6 is 11.8 Å². The van der Waals surface area contributed by atoms with Gasteiger partial charge in [0.1, 0.15) is 5.69 Å². The minimum Gasteiger partial charge on any atom is -0.392 e. The lowest BCUT2D eigenvalue weighted by Crippen LogP contribution is -2.38. The zero-order valence-corrected chi connectivity index (χ0v) is 28.1. The number of carbonyl (C=O) groups is 1. The summed E-state index contributed by atoms with van der Waals surface area (Å²) in [6.07, 6.45) is 4.42. The van der Waals surface area contributed by atoms with Gasteiger partial charge in [0.2, 0.25) is 0 Å². The summed E-state index contributed by atoms with van der Waals surface area (Å²) in [6, 6.07) is 31.8. The topological polar surface area (TPSA) is 111 Å². The molecule has 4 unspecified atom stereocenters. The fraction of sp³-hybridized carbons (Fsp3) is 0.231. The van der Waals surface area contributed by atoms with Crippen molar-refractivity contribution in [2.45, 2.75) is 43.7 Å². The first kappa shape index (κ1) is 32.7. The summed E-state index contributed by atoms with van der Waals surface area (Å²) in [5, 5.41) is 13.5. The van der Waals surface area contributed by atoms with Crippen molar-refractivity contribution < 1.29 is 19.4 Å². The molecule has 1 fully saturated rings. The molecule has 4 aromatic carbocycles. The minimum absolute atomic E-state index is 0.000429. The largest absolute Gasteiger partial charge is 0.392 e. The van der Waals surface area contributed by atoms with Gasteiger partial charge in [-0.15, -0.1) is 0 Å². The highest BCUT2D eigenvalue weighted by atomic mass is 32.2. The summed E-state index contributed by atoms with van der Waals surface area (Å²) in [6.45, 7) is 2.53. The second kappa shape index (κ2) is 14.7. The average molecular weight is 672 g/mol. The van der Waals surface area contributed by atoms with Crippen LogP contribution in [-0.2, 0) is 29.7 Å². The third-order valence-electron chi connectivity index (χ3n) is 8.85. The SMILES string of the molecule is CC1C(CSc2nccn2C)OC(c2ccc(-c3cccc(CNC(=O)c4cnc5ccccc5n4)c3)cc2)OC1c1ccc(CO)cc1. The van der Waals surface area contributed by atoms with Crippen molar-refractivity contribution in [3.05, 3.63) is 144 Å². The number of para-hydroxylation sites is 2. The Morgan fingerprint density at radius 3 is 2.41 bits per heavy atom. The van der Waals surface area contributed by atoms with E-state index in [1.165, 1.54) is 6.20 Å². The molecule has 1 aliphatic heterocycles. The van der Waals surface area contributed by atoms with E-state index >= 15 is 0 Å². The van der Waals surface area contributed by atoms with Crippen molar-refractivity contribution in [3.63, 3.8) is 0 Å². The van der Waals surface area contributed by atoms with Gasteiger partial charge in [0.15, 0.2) is 11.4 Å². The fourth-order valence-corrected chi connectivity index (χ4v) is 7.09. The number of aromatic nitrogens is 4. The molecular weight excluding hydrogens is 635 g/mol. The summed E-state index contributed by atoms with van der Waals surface area (Å²) in [4.78, 5) is 26.1. The van der Waals surface area contributed by atoms with Gasteiger partial charge in [-0.05, 0) is 46.0 Å². The molecule has 1 saturated heterocycles. The number of nitrogens with one attached hydrogen (secondary N) is 1. The number of fused-ring (bicyclic) bond motifs is 1. The highest BCUT2D eigenvalue weighted by molar-refractivity contribution is 7.99. The van der Waals surface area contributed by atoms with Crippen LogP contribution in [0.15, 0.2) is 121 Å². The molecule has 2 aromatic heterocycles. The second-order valence-electron chi connectivity index (χ2n) is 12.2. The van der Waals surface area contributed by atoms with Gasteiger partial charge < -0.3 is 24.5 Å². The number of aryl methyl sites for hydroxylation is 1. The minimum atomic E-state index is -0.556. The molecule has 0 spiro atoms. The molecule has 0 bridgehead atoms. The van der Waals surface area contributed by atoms with E-state index in [-0.39, 0.29) is 36.3 Å². The number of ether oxygens (including phenoxy) is 2. The van der Waals surface area contributed by atoms with E-state index in [4.69, 9.17) is 9.47 Å². The summed E-state index contributed by atoms with van der Waals surface area (Å²) in [5.41, 5.74) is 7.62. The molecule has 49 heavy (non-hydrogen) atoms. The first-order valence-electron chi connectivity index (χ1n) is 16.2. The van der Waals surface area contributed by atoms with E-state index in [0.29, 0.717) is 12.1 Å². The van der Waals surface area contributed by atoms with Crippen molar-refractivity contribution in [1.82, 2.24) is 24.8 Å². The van der Waals surface area contributed by atoms with E-state index < -0.39 is 6.29 Å². The van der Waals surface area contributed by atoms with Gasteiger partial charge in [-0.2, -0.15) is 0 Å². The van der Waals surface area contributed by atoms with Crippen LogP contribution in [0.4, 0.5) is 0 Å². The van der Waals surface area contributed by atoms with Crippen LogP contribution in [0.5, 0.6) is 0 Å². The van der Waals surface area contributed by atoms with Crippen molar-refractivity contribution in [3.8, 4) is 11.1 Å². The van der Waals surface area contributed by atoms with Crippen LogP contribution < -0.4 is 5.32 Å². The number of amides is 1. The number of thioether (sulfide) groups is 1.